The molecule has 0 unspecified atom stereocenters. The van der Waals surface area contributed by atoms with Crippen molar-refractivity contribution in [3.8, 4) is 0 Å². The molecule has 0 spiro atoms. The number of hydrogen-bond acceptors (Lipinski definition) is 3. The fourth-order valence-electron chi connectivity index (χ4n) is 3.07. The van der Waals surface area contributed by atoms with E-state index in [4.69, 9.17) is 0 Å². The first kappa shape index (κ1) is 16.2. The van der Waals surface area contributed by atoms with Crippen LogP contribution >= 0.6 is 0 Å². The van der Waals surface area contributed by atoms with E-state index in [2.05, 4.69) is 17.2 Å². The minimum Gasteiger partial charge on any atom is -0.325 e. The molecule has 1 aliphatic rings. The summed E-state index contributed by atoms with van der Waals surface area (Å²) >= 11 is 0. The van der Waals surface area contributed by atoms with Crippen molar-refractivity contribution in [3.05, 3.63) is 63.1 Å². The second-order valence-electron chi connectivity index (χ2n) is 6.46. The Kier molecular flexibility index (Phi) is 4.34. The molecular formula is C19H20N2O3. The van der Waals surface area contributed by atoms with Gasteiger partial charge in [0.25, 0.3) is 11.5 Å². The van der Waals surface area contributed by atoms with E-state index in [9.17, 15) is 14.4 Å². The summed E-state index contributed by atoms with van der Waals surface area (Å²) in [5.41, 5.74) is 2.72. The number of H-pyrrole nitrogens is 1. The summed E-state index contributed by atoms with van der Waals surface area (Å²) in [5.74, 6) is 0.0104. The second kappa shape index (κ2) is 6.43. The van der Waals surface area contributed by atoms with Crippen LogP contribution in [0.5, 0.6) is 0 Å². The van der Waals surface area contributed by atoms with E-state index < -0.39 is 5.91 Å². The molecule has 1 amide bonds. The first-order valence-corrected chi connectivity index (χ1v) is 8.11. The lowest BCUT2D eigenvalue weighted by atomic mass is 9.87. The Bertz CT molecular complexity index is 867. The molecule has 0 radical (unpaired) electrons. The topological polar surface area (TPSA) is 79.0 Å². The minimum absolute atomic E-state index is 0.0771. The summed E-state index contributed by atoms with van der Waals surface area (Å²) in [4.78, 5) is 39.0. The number of rotatable bonds is 3. The number of aromatic nitrogens is 1. The third-order valence-corrected chi connectivity index (χ3v) is 4.44. The van der Waals surface area contributed by atoms with Crippen molar-refractivity contribution < 1.29 is 9.59 Å². The normalized spacial score (nSPS) is 16.3. The highest BCUT2D eigenvalue weighted by atomic mass is 16.2. The molecule has 2 N–H and O–H groups in total. The Morgan fingerprint density at radius 3 is 2.79 bits per heavy atom. The average molecular weight is 324 g/mol. The van der Waals surface area contributed by atoms with Gasteiger partial charge < -0.3 is 10.3 Å². The molecule has 1 aromatic heterocycles. The maximum atomic E-state index is 12.5. The van der Waals surface area contributed by atoms with Crippen LogP contribution < -0.4 is 10.9 Å². The largest absolute Gasteiger partial charge is 0.325 e. The zero-order valence-electron chi connectivity index (χ0n) is 13.8. The number of benzene rings is 1. The van der Waals surface area contributed by atoms with Gasteiger partial charge in [0.05, 0.1) is 0 Å². The van der Waals surface area contributed by atoms with E-state index in [-0.39, 0.29) is 16.9 Å². The van der Waals surface area contributed by atoms with Crippen molar-refractivity contribution >= 4 is 17.4 Å². The highest BCUT2D eigenvalue weighted by molar-refractivity contribution is 6.05. The summed E-state index contributed by atoms with van der Waals surface area (Å²) in [6.07, 6.45) is 2.76. The molecule has 0 saturated carbocycles. The Morgan fingerprint density at radius 2 is 2.04 bits per heavy atom. The molecule has 5 heteroatoms. The Morgan fingerprint density at radius 1 is 1.25 bits per heavy atom. The van der Waals surface area contributed by atoms with Crippen molar-refractivity contribution in [3.63, 3.8) is 0 Å². The highest BCUT2D eigenvalue weighted by Gasteiger charge is 2.20. The van der Waals surface area contributed by atoms with Crippen molar-refractivity contribution in [1.82, 2.24) is 4.98 Å². The molecule has 0 bridgehead atoms. The number of ketones is 1. The lowest BCUT2D eigenvalue weighted by Gasteiger charge is -2.21. The molecule has 24 heavy (non-hydrogen) atoms. The van der Waals surface area contributed by atoms with Crippen LogP contribution in [0.1, 0.15) is 52.2 Å². The first-order chi connectivity index (χ1) is 11.4. The fraction of sp³-hybridized carbons (Fsp3) is 0.316. The summed E-state index contributed by atoms with van der Waals surface area (Å²) in [7, 11) is 0. The van der Waals surface area contributed by atoms with Crippen molar-refractivity contribution in [2.45, 2.75) is 33.1 Å². The van der Waals surface area contributed by atoms with Gasteiger partial charge in [-0.1, -0.05) is 19.1 Å². The van der Waals surface area contributed by atoms with Crippen LogP contribution in [-0.4, -0.2) is 16.7 Å². The predicted octanol–water partition coefficient (Wildman–Crippen LogP) is 2.95. The lowest BCUT2D eigenvalue weighted by molar-refractivity contribution is 0.101. The molecule has 3 rings (SSSR count). The Labute approximate surface area is 140 Å². The van der Waals surface area contributed by atoms with Crippen molar-refractivity contribution in [1.29, 1.82) is 0 Å². The van der Waals surface area contributed by atoms with Crippen LogP contribution in [0, 0.1) is 5.92 Å². The highest BCUT2D eigenvalue weighted by Crippen LogP contribution is 2.23. The van der Waals surface area contributed by atoms with Crippen LogP contribution in [0.3, 0.4) is 0 Å². The molecular weight excluding hydrogens is 304 g/mol. The molecule has 0 fully saturated rings. The predicted molar refractivity (Wildman–Crippen MR) is 92.7 cm³/mol. The van der Waals surface area contributed by atoms with E-state index in [0.717, 1.165) is 30.5 Å². The fourth-order valence-corrected chi connectivity index (χ4v) is 3.07. The van der Waals surface area contributed by atoms with Crippen LogP contribution in [0.4, 0.5) is 5.69 Å². The van der Waals surface area contributed by atoms with E-state index in [1.807, 2.05) is 0 Å². The van der Waals surface area contributed by atoms with Crippen LogP contribution in [-0.2, 0) is 12.8 Å². The number of amides is 1. The summed E-state index contributed by atoms with van der Waals surface area (Å²) in [6.45, 7) is 3.64. The number of nitrogens with one attached hydrogen (secondary N) is 2. The van der Waals surface area contributed by atoms with E-state index >= 15 is 0 Å². The smallest absolute Gasteiger partial charge is 0.261 e. The van der Waals surface area contributed by atoms with Crippen LogP contribution in [0.2, 0.25) is 0 Å². The van der Waals surface area contributed by atoms with Gasteiger partial charge in [-0.2, -0.15) is 0 Å². The monoisotopic (exact) mass is 324 g/mol. The molecule has 5 nitrogen and oxygen atoms in total. The van der Waals surface area contributed by atoms with Gasteiger partial charge in [0, 0.05) is 16.9 Å². The number of aryl methyl sites for hydroxylation is 1. The van der Waals surface area contributed by atoms with Gasteiger partial charge in [0.1, 0.15) is 5.56 Å². The molecule has 0 aliphatic heterocycles. The van der Waals surface area contributed by atoms with Gasteiger partial charge in [-0.05, 0) is 55.9 Å². The summed E-state index contributed by atoms with van der Waals surface area (Å²) < 4.78 is 0. The van der Waals surface area contributed by atoms with Gasteiger partial charge >= 0.3 is 0 Å². The maximum absolute atomic E-state index is 12.5. The molecule has 1 aromatic carbocycles. The zero-order chi connectivity index (χ0) is 17.3. The summed E-state index contributed by atoms with van der Waals surface area (Å²) in [6, 6.07) is 8.39. The van der Waals surface area contributed by atoms with E-state index in [1.54, 1.807) is 30.3 Å². The molecule has 124 valence electrons. The number of aromatic amines is 1. The number of pyridine rings is 1. The van der Waals surface area contributed by atoms with Gasteiger partial charge in [0.2, 0.25) is 0 Å². The van der Waals surface area contributed by atoms with Gasteiger partial charge in [-0.15, -0.1) is 0 Å². The number of hydrogen-bond donors (Lipinski definition) is 2. The third kappa shape index (κ3) is 3.30. The molecule has 1 aliphatic carbocycles. The van der Waals surface area contributed by atoms with Gasteiger partial charge in [0.15, 0.2) is 5.78 Å². The third-order valence-electron chi connectivity index (χ3n) is 4.44. The number of carbonyl (C=O) groups excluding carboxylic acids is 2. The number of Topliss-reactive ketones (excluding diaryl/α,β-unsaturated/α-hetero) is 1. The molecule has 2 aromatic rings. The number of fused-ring (bicyclic) bond motifs is 1. The summed E-state index contributed by atoms with van der Waals surface area (Å²) in [5, 5.41) is 2.70. The number of anilines is 1. The minimum atomic E-state index is -0.460. The van der Waals surface area contributed by atoms with Gasteiger partial charge in [-0.25, -0.2) is 0 Å². The molecule has 1 atom stereocenters. The molecule has 0 saturated heterocycles. The van der Waals surface area contributed by atoms with Crippen LogP contribution in [0.15, 0.2) is 35.1 Å². The average Bonchev–Trinajstić information content (AvgIpc) is 2.54. The second-order valence-corrected chi connectivity index (χ2v) is 6.46. The van der Waals surface area contributed by atoms with Crippen molar-refractivity contribution in [2.75, 3.05) is 5.32 Å². The van der Waals surface area contributed by atoms with Crippen LogP contribution in [0.25, 0.3) is 0 Å². The lowest BCUT2D eigenvalue weighted by Crippen LogP contribution is -2.27. The van der Waals surface area contributed by atoms with E-state index in [1.165, 1.54) is 6.92 Å². The number of carbonyl (C=O) groups is 2. The molecule has 1 heterocycles. The Hall–Kier alpha value is -2.69. The van der Waals surface area contributed by atoms with Gasteiger partial charge in [-0.3, -0.25) is 14.4 Å². The first-order valence-electron chi connectivity index (χ1n) is 8.11. The Balaban J connectivity index is 1.88. The maximum Gasteiger partial charge on any atom is 0.261 e. The zero-order valence-corrected chi connectivity index (χ0v) is 13.8. The van der Waals surface area contributed by atoms with E-state index in [0.29, 0.717) is 17.2 Å². The standard InChI is InChI=1S/C19H20N2O3/c1-11-6-7-17-14(8-11)10-16(19(24)21-17)18(23)20-15-5-3-4-13(9-15)12(2)22/h3-5,9-11H,6-8H2,1-2H3,(H,20,23)(H,21,24)/t11-/m0/s1. The quantitative estimate of drug-likeness (QED) is 0.852. The SMILES string of the molecule is CC(=O)c1cccc(NC(=O)c2cc3c([nH]c2=O)CC[C@H](C)C3)c1. The van der Waals surface area contributed by atoms with Crippen molar-refractivity contribution in [2.24, 2.45) is 5.92 Å².